The first kappa shape index (κ1) is 34.9. The number of furan rings is 1. The molecule has 0 saturated heterocycles. The Morgan fingerprint density at radius 3 is 1.66 bits per heavy atom. The van der Waals surface area contributed by atoms with E-state index < -0.39 is 0 Å². The van der Waals surface area contributed by atoms with Gasteiger partial charge in [0.2, 0.25) is 0 Å². The summed E-state index contributed by atoms with van der Waals surface area (Å²) in [5, 5.41) is 9.78. The minimum atomic E-state index is 0.692. The number of rotatable bonds is 6. The van der Waals surface area contributed by atoms with Crippen LogP contribution in [0.25, 0.3) is 122 Å². The van der Waals surface area contributed by atoms with Crippen LogP contribution in [0.5, 0.6) is 0 Å². The molecule has 0 unspecified atom stereocenters. The van der Waals surface area contributed by atoms with Gasteiger partial charge in [-0.2, -0.15) is 0 Å². The van der Waals surface area contributed by atoms with Gasteiger partial charge in [-0.1, -0.05) is 176 Å². The average molecular weight is 777 g/mol. The zero-order valence-electron chi connectivity index (χ0n) is 33.1. The monoisotopic (exact) mass is 776 g/mol. The quantitative estimate of drug-likeness (QED) is 0.125. The molecule has 0 amide bonds. The maximum atomic E-state index is 6.10. The fourth-order valence-corrected chi connectivity index (χ4v) is 9.04. The maximum absolute atomic E-state index is 6.10. The summed E-state index contributed by atoms with van der Waals surface area (Å²) < 4.78 is 6.10. The minimum Gasteiger partial charge on any atom is -0.456 e. The van der Waals surface area contributed by atoms with E-state index in [1.165, 1.54) is 43.4 Å². The second-order valence-corrected chi connectivity index (χ2v) is 15.7. The van der Waals surface area contributed by atoms with E-state index in [4.69, 9.17) is 14.4 Å². The van der Waals surface area contributed by atoms with Crippen LogP contribution < -0.4 is 0 Å². The average Bonchev–Trinajstić information content (AvgIpc) is 3.71. The molecular weight excluding hydrogens is 741 g/mol. The summed E-state index contributed by atoms with van der Waals surface area (Å²) in [7, 11) is 0. The van der Waals surface area contributed by atoms with E-state index in [0.717, 1.165) is 72.3 Å². The van der Waals surface area contributed by atoms with Crippen molar-refractivity contribution in [1.82, 2.24) is 9.97 Å². The molecule has 0 N–H and O–H groups in total. The van der Waals surface area contributed by atoms with E-state index in [-0.39, 0.29) is 0 Å². The molecule has 61 heavy (non-hydrogen) atoms. The summed E-state index contributed by atoms with van der Waals surface area (Å²) in [6.07, 6.45) is 0. The smallest absolute Gasteiger partial charge is 0.160 e. The van der Waals surface area contributed by atoms with Crippen molar-refractivity contribution >= 4 is 54.3 Å². The molecular formula is C58H36N2O. The highest BCUT2D eigenvalue weighted by molar-refractivity contribution is 6.20. The Morgan fingerprint density at radius 2 is 0.836 bits per heavy atom. The minimum absolute atomic E-state index is 0.692. The molecule has 0 bridgehead atoms. The highest BCUT2D eigenvalue weighted by atomic mass is 16.3. The van der Waals surface area contributed by atoms with Crippen molar-refractivity contribution in [2.45, 2.75) is 0 Å². The lowest BCUT2D eigenvalue weighted by Gasteiger charge is -2.15. The predicted octanol–water partition coefficient (Wildman–Crippen LogP) is 15.8. The number of nitrogens with zero attached hydrogens (tertiary/aromatic N) is 2. The molecule has 0 fully saturated rings. The van der Waals surface area contributed by atoms with Gasteiger partial charge in [-0.3, -0.25) is 0 Å². The van der Waals surface area contributed by atoms with Crippen LogP contribution in [0, 0.1) is 0 Å². The Labute approximate surface area is 352 Å². The number of hydrogen-bond donors (Lipinski definition) is 0. The second kappa shape index (κ2) is 14.3. The van der Waals surface area contributed by atoms with Crippen molar-refractivity contribution < 1.29 is 4.42 Å². The van der Waals surface area contributed by atoms with Gasteiger partial charge in [0.05, 0.1) is 11.4 Å². The summed E-state index contributed by atoms with van der Waals surface area (Å²) in [6, 6.07) is 77.7. The van der Waals surface area contributed by atoms with Gasteiger partial charge in [-0.25, -0.2) is 9.97 Å². The molecule has 0 atom stereocenters. The third kappa shape index (κ3) is 6.14. The van der Waals surface area contributed by atoms with E-state index in [1.54, 1.807) is 0 Å². The van der Waals surface area contributed by atoms with Crippen molar-refractivity contribution in [2.24, 2.45) is 0 Å². The molecule has 0 radical (unpaired) electrons. The molecule has 0 aliphatic heterocycles. The maximum Gasteiger partial charge on any atom is 0.160 e. The van der Waals surface area contributed by atoms with Gasteiger partial charge in [0.1, 0.15) is 11.2 Å². The number of benzene rings is 10. The SMILES string of the molecule is c1ccc(-c2nc(-c3ccc(-c4ccc5oc6ccccc6c5c4)cc3)cc(-c3cccc(-c4cccc(-c5c6ccccc6cc6c5ccc5ccccc56)c4)c3)n2)cc1. The van der Waals surface area contributed by atoms with Gasteiger partial charge in [0.15, 0.2) is 5.82 Å². The van der Waals surface area contributed by atoms with Crippen LogP contribution in [0.2, 0.25) is 0 Å². The van der Waals surface area contributed by atoms with E-state index in [1.807, 2.05) is 30.3 Å². The second-order valence-electron chi connectivity index (χ2n) is 15.7. The Morgan fingerprint density at radius 1 is 0.262 bits per heavy atom. The van der Waals surface area contributed by atoms with Crippen molar-refractivity contribution in [3.05, 3.63) is 218 Å². The highest BCUT2D eigenvalue weighted by Gasteiger charge is 2.16. The van der Waals surface area contributed by atoms with Gasteiger partial charge in [-0.15, -0.1) is 0 Å². The molecule has 0 spiro atoms. The van der Waals surface area contributed by atoms with Gasteiger partial charge in [0.25, 0.3) is 0 Å². The molecule has 12 aromatic rings. The number of aromatic nitrogens is 2. The van der Waals surface area contributed by atoms with Gasteiger partial charge < -0.3 is 4.42 Å². The fraction of sp³-hybridized carbons (Fsp3) is 0. The molecule has 0 aliphatic rings. The Kier molecular flexibility index (Phi) is 8.17. The van der Waals surface area contributed by atoms with Crippen molar-refractivity contribution in [2.75, 3.05) is 0 Å². The zero-order valence-corrected chi connectivity index (χ0v) is 33.1. The summed E-state index contributed by atoms with van der Waals surface area (Å²) in [5.74, 6) is 0.692. The summed E-state index contributed by atoms with van der Waals surface area (Å²) in [5.41, 5.74) is 13.6. The molecule has 2 heterocycles. The standard InChI is InChI=1S/C58H36N2O/c1-2-13-40(14-3-1)58-59-53(39-26-24-37(25-27-39)43-29-31-56-52(34-43)49-22-8-9-23-55(49)61-56)36-54(60-58)45-18-10-16-41(32-45)42-17-11-19-46(33-42)57-48-21-7-5-15-44(48)35-51-47-20-6-4-12-38(47)28-30-50(51)57/h1-36H. The topological polar surface area (TPSA) is 38.9 Å². The lowest BCUT2D eigenvalue weighted by molar-refractivity contribution is 0.669. The van der Waals surface area contributed by atoms with Crippen LogP contribution in [-0.4, -0.2) is 9.97 Å². The number of para-hydroxylation sites is 1. The van der Waals surface area contributed by atoms with Crippen molar-refractivity contribution in [1.29, 1.82) is 0 Å². The van der Waals surface area contributed by atoms with Gasteiger partial charge in [0, 0.05) is 27.5 Å². The summed E-state index contributed by atoms with van der Waals surface area (Å²) in [4.78, 5) is 10.3. The van der Waals surface area contributed by atoms with Crippen LogP contribution in [0.1, 0.15) is 0 Å². The molecule has 10 aromatic carbocycles. The zero-order chi connectivity index (χ0) is 40.3. The van der Waals surface area contributed by atoms with Crippen LogP contribution in [0.4, 0.5) is 0 Å². The first-order valence-corrected chi connectivity index (χ1v) is 20.7. The molecule has 12 rings (SSSR count). The van der Waals surface area contributed by atoms with Gasteiger partial charge in [-0.05, 0) is 108 Å². The lowest BCUT2D eigenvalue weighted by Crippen LogP contribution is -1.96. The molecule has 0 saturated carbocycles. The largest absolute Gasteiger partial charge is 0.456 e. The van der Waals surface area contributed by atoms with E-state index >= 15 is 0 Å². The molecule has 284 valence electrons. The third-order valence-corrected chi connectivity index (χ3v) is 12.1. The van der Waals surface area contributed by atoms with Crippen molar-refractivity contribution in [3.8, 4) is 67.3 Å². The van der Waals surface area contributed by atoms with E-state index in [9.17, 15) is 0 Å². The first-order valence-electron chi connectivity index (χ1n) is 20.7. The first-order chi connectivity index (χ1) is 30.2. The molecule has 2 aromatic heterocycles. The Bertz CT molecular complexity index is 3640. The van der Waals surface area contributed by atoms with Crippen LogP contribution in [0.15, 0.2) is 223 Å². The predicted molar refractivity (Wildman–Crippen MR) is 254 cm³/mol. The molecule has 3 heteroatoms. The van der Waals surface area contributed by atoms with Gasteiger partial charge >= 0.3 is 0 Å². The number of fused-ring (bicyclic) bond motifs is 7. The number of hydrogen-bond acceptors (Lipinski definition) is 3. The fourth-order valence-electron chi connectivity index (χ4n) is 9.04. The summed E-state index contributed by atoms with van der Waals surface area (Å²) in [6.45, 7) is 0. The lowest BCUT2D eigenvalue weighted by atomic mass is 9.88. The highest BCUT2D eigenvalue weighted by Crippen LogP contribution is 2.41. The molecule has 3 nitrogen and oxygen atoms in total. The van der Waals surface area contributed by atoms with Crippen LogP contribution in [-0.2, 0) is 0 Å². The third-order valence-electron chi connectivity index (χ3n) is 12.1. The van der Waals surface area contributed by atoms with Crippen LogP contribution in [0.3, 0.4) is 0 Å². The Hall–Kier alpha value is -8.14. The normalized spacial score (nSPS) is 11.6. The molecule has 0 aliphatic carbocycles. The van der Waals surface area contributed by atoms with E-state index in [2.05, 4.69) is 188 Å². The van der Waals surface area contributed by atoms with E-state index in [0.29, 0.717) is 5.82 Å². The van der Waals surface area contributed by atoms with Crippen molar-refractivity contribution in [3.63, 3.8) is 0 Å². The Balaban J connectivity index is 0.939. The summed E-state index contributed by atoms with van der Waals surface area (Å²) >= 11 is 0. The van der Waals surface area contributed by atoms with Crippen LogP contribution >= 0.6 is 0 Å².